The summed E-state index contributed by atoms with van der Waals surface area (Å²) in [4.78, 5) is 34.4. The Bertz CT molecular complexity index is 1030. The molecule has 0 saturated heterocycles. The van der Waals surface area contributed by atoms with Crippen LogP contribution in [0.3, 0.4) is 0 Å². The van der Waals surface area contributed by atoms with Gasteiger partial charge >= 0.3 is 0 Å². The highest BCUT2D eigenvalue weighted by atomic mass is 16.2. The topological polar surface area (TPSA) is 106 Å². The molecule has 0 aliphatic carbocycles. The summed E-state index contributed by atoms with van der Waals surface area (Å²) in [6.45, 7) is 5.10. The summed E-state index contributed by atoms with van der Waals surface area (Å²) in [5.74, 6) is -0.611. The van der Waals surface area contributed by atoms with Gasteiger partial charge in [0.2, 0.25) is 5.91 Å². The van der Waals surface area contributed by atoms with Crippen LogP contribution in [-0.4, -0.2) is 46.3 Å². The minimum absolute atomic E-state index is 0.00573. The van der Waals surface area contributed by atoms with Crippen LogP contribution in [0.25, 0.3) is 5.65 Å². The number of likely N-dealkylation sites (N-methyl/N-ethyl adjacent to an activating group) is 1. The van der Waals surface area contributed by atoms with Gasteiger partial charge in [0.25, 0.3) is 5.91 Å². The maximum absolute atomic E-state index is 12.3. The van der Waals surface area contributed by atoms with Gasteiger partial charge in [0.15, 0.2) is 11.3 Å². The molecule has 0 atom stereocenters. The number of aromatic nitrogens is 3. The van der Waals surface area contributed by atoms with Crippen LogP contribution in [0.15, 0.2) is 36.7 Å². The molecule has 3 rings (SSSR count). The van der Waals surface area contributed by atoms with Crippen LogP contribution in [0.5, 0.6) is 0 Å². The first-order chi connectivity index (χ1) is 13.9. The van der Waals surface area contributed by atoms with Gasteiger partial charge in [0, 0.05) is 43.6 Å². The number of primary amides is 1. The third-order valence-electron chi connectivity index (χ3n) is 5.05. The van der Waals surface area contributed by atoms with Crippen molar-refractivity contribution in [1.82, 2.24) is 19.7 Å². The molecule has 2 heterocycles. The Morgan fingerprint density at radius 1 is 1.21 bits per heavy atom. The Morgan fingerprint density at radius 3 is 2.62 bits per heavy atom. The first-order valence-electron chi connectivity index (χ1n) is 9.54. The Labute approximate surface area is 169 Å². The number of hydrogen-bond acceptors (Lipinski definition) is 5. The normalized spacial score (nSPS) is 10.9. The van der Waals surface area contributed by atoms with Gasteiger partial charge in [-0.2, -0.15) is 0 Å². The van der Waals surface area contributed by atoms with Crippen LogP contribution in [-0.2, 0) is 11.2 Å². The Hall–Kier alpha value is -3.42. The highest BCUT2D eigenvalue weighted by Crippen LogP contribution is 2.18. The fraction of sp³-hybridized carbons (Fsp3) is 0.333. The summed E-state index contributed by atoms with van der Waals surface area (Å²) >= 11 is 0. The number of para-hydroxylation sites is 1. The van der Waals surface area contributed by atoms with Crippen molar-refractivity contribution in [2.75, 3.05) is 25.0 Å². The lowest BCUT2D eigenvalue weighted by atomic mass is 10.1. The average Bonchev–Trinajstić information content (AvgIpc) is 3.12. The standard InChI is InChI=1S/C21H26N6O2/c1-14-17(15(2)27-13-24-19(20(22)29)21(27)25-14)9-10-18(28)23-11-12-26(3)16-7-5-4-6-8-16/h4-8,13H,9-12H2,1-3H3,(H2,22,29)(H,23,28). The van der Waals surface area contributed by atoms with E-state index in [1.165, 1.54) is 0 Å². The van der Waals surface area contributed by atoms with Crippen molar-refractivity contribution in [3.8, 4) is 0 Å². The van der Waals surface area contributed by atoms with Crippen molar-refractivity contribution in [3.63, 3.8) is 0 Å². The van der Waals surface area contributed by atoms with Gasteiger partial charge in [0.05, 0.1) is 0 Å². The number of nitrogens with zero attached hydrogens (tertiary/aromatic N) is 4. The van der Waals surface area contributed by atoms with Gasteiger partial charge in [-0.1, -0.05) is 18.2 Å². The first kappa shape index (κ1) is 20.3. The quantitative estimate of drug-likeness (QED) is 0.604. The summed E-state index contributed by atoms with van der Waals surface area (Å²) in [6.07, 6.45) is 2.46. The van der Waals surface area contributed by atoms with Crippen LogP contribution in [0, 0.1) is 13.8 Å². The third kappa shape index (κ3) is 4.53. The average molecular weight is 394 g/mol. The second-order valence-corrected chi connectivity index (χ2v) is 7.02. The zero-order valence-corrected chi connectivity index (χ0v) is 17.0. The molecule has 0 radical (unpaired) electrons. The highest BCUT2D eigenvalue weighted by molar-refractivity contribution is 5.96. The highest BCUT2D eigenvalue weighted by Gasteiger charge is 2.17. The molecule has 1 aromatic carbocycles. The molecule has 2 aromatic heterocycles. The number of benzene rings is 1. The zero-order chi connectivity index (χ0) is 21.0. The number of fused-ring (bicyclic) bond motifs is 1. The van der Waals surface area contributed by atoms with Gasteiger partial charge in [0.1, 0.15) is 6.33 Å². The molecule has 29 heavy (non-hydrogen) atoms. The van der Waals surface area contributed by atoms with Gasteiger partial charge in [-0.25, -0.2) is 9.97 Å². The van der Waals surface area contributed by atoms with E-state index in [9.17, 15) is 9.59 Å². The summed E-state index contributed by atoms with van der Waals surface area (Å²) in [7, 11) is 2.00. The number of amides is 2. The van der Waals surface area contributed by atoms with Gasteiger partial charge < -0.3 is 16.0 Å². The lowest BCUT2D eigenvalue weighted by Gasteiger charge is -2.19. The Balaban J connectivity index is 1.57. The molecular weight excluding hydrogens is 368 g/mol. The first-order valence-corrected chi connectivity index (χ1v) is 9.54. The predicted octanol–water partition coefficient (Wildman–Crippen LogP) is 1.63. The van der Waals surface area contributed by atoms with E-state index in [-0.39, 0.29) is 11.6 Å². The van der Waals surface area contributed by atoms with Crippen LogP contribution in [0.2, 0.25) is 0 Å². The molecule has 0 saturated carbocycles. The fourth-order valence-electron chi connectivity index (χ4n) is 3.36. The molecular formula is C21H26N6O2. The number of rotatable bonds is 8. The molecule has 0 unspecified atom stereocenters. The maximum Gasteiger partial charge on any atom is 0.271 e. The molecule has 0 bridgehead atoms. The van der Waals surface area contributed by atoms with Crippen LogP contribution >= 0.6 is 0 Å². The number of nitrogens with two attached hydrogens (primary N) is 1. The molecule has 8 heteroatoms. The van der Waals surface area contributed by atoms with E-state index in [0.29, 0.717) is 25.0 Å². The van der Waals surface area contributed by atoms with E-state index in [1.54, 1.807) is 10.7 Å². The van der Waals surface area contributed by atoms with Crippen molar-refractivity contribution in [1.29, 1.82) is 0 Å². The molecule has 0 aliphatic rings. The number of carbonyl (C=O) groups is 2. The molecule has 152 valence electrons. The van der Waals surface area contributed by atoms with E-state index in [0.717, 1.165) is 29.2 Å². The number of carbonyl (C=O) groups excluding carboxylic acids is 2. The third-order valence-corrected chi connectivity index (χ3v) is 5.05. The lowest BCUT2D eigenvalue weighted by molar-refractivity contribution is -0.120. The fourth-order valence-corrected chi connectivity index (χ4v) is 3.36. The summed E-state index contributed by atoms with van der Waals surface area (Å²) in [6, 6.07) is 10.0. The van der Waals surface area contributed by atoms with Crippen molar-refractivity contribution in [2.45, 2.75) is 26.7 Å². The summed E-state index contributed by atoms with van der Waals surface area (Å²) in [5, 5.41) is 2.97. The van der Waals surface area contributed by atoms with Gasteiger partial charge in [-0.05, 0) is 38.0 Å². The largest absolute Gasteiger partial charge is 0.373 e. The van der Waals surface area contributed by atoms with E-state index in [4.69, 9.17) is 5.73 Å². The number of nitrogens with one attached hydrogen (secondary N) is 1. The van der Waals surface area contributed by atoms with Crippen LogP contribution in [0.4, 0.5) is 5.69 Å². The molecule has 0 fully saturated rings. The second-order valence-electron chi connectivity index (χ2n) is 7.02. The van der Waals surface area contributed by atoms with E-state index in [1.807, 2.05) is 51.2 Å². The Morgan fingerprint density at radius 2 is 1.93 bits per heavy atom. The van der Waals surface area contributed by atoms with Gasteiger partial charge in [-0.15, -0.1) is 0 Å². The van der Waals surface area contributed by atoms with Crippen molar-refractivity contribution in [2.24, 2.45) is 5.73 Å². The van der Waals surface area contributed by atoms with Crippen molar-refractivity contribution < 1.29 is 9.59 Å². The van der Waals surface area contributed by atoms with E-state index < -0.39 is 5.91 Å². The smallest absolute Gasteiger partial charge is 0.271 e. The number of aryl methyl sites for hydroxylation is 2. The minimum atomic E-state index is -0.605. The molecule has 2 amide bonds. The summed E-state index contributed by atoms with van der Waals surface area (Å²) < 4.78 is 1.75. The minimum Gasteiger partial charge on any atom is -0.373 e. The number of anilines is 1. The van der Waals surface area contributed by atoms with Crippen molar-refractivity contribution in [3.05, 3.63) is 59.3 Å². The maximum atomic E-state index is 12.3. The van der Waals surface area contributed by atoms with Crippen LogP contribution < -0.4 is 16.0 Å². The molecule has 0 aliphatic heterocycles. The second kappa shape index (κ2) is 8.72. The molecule has 3 N–H and O–H groups in total. The zero-order valence-electron chi connectivity index (χ0n) is 17.0. The van der Waals surface area contributed by atoms with Crippen LogP contribution in [0.1, 0.15) is 33.9 Å². The SMILES string of the molecule is Cc1nc2c(C(N)=O)ncn2c(C)c1CCC(=O)NCCN(C)c1ccccc1. The number of hydrogen-bond donors (Lipinski definition) is 2. The molecule has 8 nitrogen and oxygen atoms in total. The van der Waals surface area contributed by atoms with Crippen molar-refractivity contribution >= 4 is 23.1 Å². The van der Waals surface area contributed by atoms with E-state index in [2.05, 4.69) is 20.2 Å². The number of imidazole rings is 1. The predicted molar refractivity (Wildman–Crippen MR) is 112 cm³/mol. The van der Waals surface area contributed by atoms with E-state index >= 15 is 0 Å². The molecule has 3 aromatic rings. The Kier molecular flexibility index (Phi) is 6.11. The lowest BCUT2D eigenvalue weighted by Crippen LogP contribution is -2.33. The molecule has 0 spiro atoms. The van der Waals surface area contributed by atoms with Gasteiger partial charge in [-0.3, -0.25) is 14.0 Å². The summed E-state index contributed by atoms with van der Waals surface area (Å²) in [5.41, 5.74) is 9.73. The monoisotopic (exact) mass is 394 g/mol.